The first-order valence-corrected chi connectivity index (χ1v) is 14.9. The van der Waals surface area contributed by atoms with Crippen LogP contribution < -0.4 is 14.4 Å². The quantitative estimate of drug-likeness (QED) is 0.356. The van der Waals surface area contributed by atoms with Crippen LogP contribution in [0.3, 0.4) is 0 Å². The second-order valence-corrected chi connectivity index (χ2v) is 12.3. The molecular weight excluding hydrogens is 591 g/mol. The van der Waals surface area contributed by atoms with E-state index in [0.29, 0.717) is 12.0 Å². The zero-order valence-corrected chi connectivity index (χ0v) is 25.4. The predicted octanol–water partition coefficient (Wildman–Crippen LogP) is 5.00. The minimum Gasteiger partial charge on any atom is -0.502 e. The molecular formula is C33H32ClFN2O7. The predicted molar refractivity (Wildman–Crippen MR) is 159 cm³/mol. The topological polar surface area (TPSA) is 113 Å². The molecule has 0 aromatic heterocycles. The second kappa shape index (κ2) is 10.8. The number of allylic oxidation sites excluding steroid dienone is 3. The average Bonchev–Trinajstić information content (AvgIpc) is 3.37. The number of anilines is 1. The van der Waals surface area contributed by atoms with Crippen LogP contribution in [0.5, 0.6) is 17.2 Å². The lowest BCUT2D eigenvalue weighted by Crippen LogP contribution is -2.49. The molecule has 0 radical (unpaired) electrons. The van der Waals surface area contributed by atoms with Gasteiger partial charge in [-0.25, -0.2) is 9.29 Å². The number of phenolic OH excluding ortho intramolecular Hbond substituents is 1. The van der Waals surface area contributed by atoms with Crippen molar-refractivity contribution in [2.24, 2.45) is 35.0 Å². The molecule has 0 bridgehead atoms. The van der Waals surface area contributed by atoms with Crippen LogP contribution in [0.4, 0.5) is 10.1 Å². The fraction of sp³-hybridized carbons (Fsp3) is 0.394. The van der Waals surface area contributed by atoms with Gasteiger partial charge in [0.1, 0.15) is 5.82 Å². The van der Waals surface area contributed by atoms with Crippen molar-refractivity contribution in [3.63, 3.8) is 0 Å². The Morgan fingerprint density at radius 3 is 2.34 bits per heavy atom. The maximum absolute atomic E-state index is 14.4. The average molecular weight is 623 g/mol. The van der Waals surface area contributed by atoms with Gasteiger partial charge in [0.2, 0.25) is 29.4 Å². The number of phenols is 1. The van der Waals surface area contributed by atoms with Crippen molar-refractivity contribution in [3.05, 3.63) is 64.5 Å². The van der Waals surface area contributed by atoms with Crippen LogP contribution >= 0.6 is 11.6 Å². The number of hydrogen-bond acceptors (Lipinski definition) is 7. The highest BCUT2D eigenvalue weighted by Crippen LogP contribution is 2.61. The minimum absolute atomic E-state index is 0.159. The monoisotopic (exact) mass is 622 g/mol. The van der Waals surface area contributed by atoms with Crippen molar-refractivity contribution in [2.45, 2.75) is 26.7 Å². The van der Waals surface area contributed by atoms with Crippen LogP contribution in [0, 0.1) is 40.8 Å². The number of imide groups is 2. The first-order chi connectivity index (χ1) is 21.0. The number of benzene rings is 2. The van der Waals surface area contributed by atoms with Crippen molar-refractivity contribution in [2.75, 3.05) is 25.7 Å². The third-order valence-corrected chi connectivity index (χ3v) is 10.2. The number of likely N-dealkylation sites (tertiary alicyclic amines) is 1. The summed E-state index contributed by atoms with van der Waals surface area (Å²) in [6.45, 7) is 3.77. The molecule has 4 amide bonds. The first-order valence-electron chi connectivity index (χ1n) is 14.5. The summed E-state index contributed by atoms with van der Waals surface area (Å²) in [4.78, 5) is 57.5. The third kappa shape index (κ3) is 4.17. The van der Waals surface area contributed by atoms with Crippen molar-refractivity contribution < 1.29 is 38.1 Å². The molecule has 3 fully saturated rings. The lowest BCUT2D eigenvalue weighted by Gasteiger charge is -2.47. The van der Waals surface area contributed by atoms with Crippen molar-refractivity contribution in [1.29, 1.82) is 0 Å². The van der Waals surface area contributed by atoms with Gasteiger partial charge < -0.3 is 14.6 Å². The van der Waals surface area contributed by atoms with E-state index in [0.717, 1.165) is 16.5 Å². The molecule has 9 nitrogen and oxygen atoms in total. The van der Waals surface area contributed by atoms with Crippen LogP contribution in [0.15, 0.2) is 48.1 Å². The largest absolute Gasteiger partial charge is 0.502 e. The number of carbonyl (C=O) groups excluding carboxylic acids is 4. The molecule has 2 aromatic carbocycles. The van der Waals surface area contributed by atoms with Gasteiger partial charge in [-0.15, -0.1) is 0 Å². The van der Waals surface area contributed by atoms with Gasteiger partial charge in [0.15, 0.2) is 11.5 Å². The van der Waals surface area contributed by atoms with Gasteiger partial charge in [-0.05, 0) is 68.5 Å². The number of methoxy groups -OCH3 is 2. The van der Waals surface area contributed by atoms with E-state index in [1.165, 1.54) is 31.3 Å². The van der Waals surface area contributed by atoms with E-state index >= 15 is 0 Å². The maximum atomic E-state index is 14.4. The molecule has 2 aliphatic heterocycles. The summed E-state index contributed by atoms with van der Waals surface area (Å²) >= 11 is 6.04. The zero-order chi connectivity index (χ0) is 31.7. The van der Waals surface area contributed by atoms with E-state index in [9.17, 15) is 28.7 Å². The van der Waals surface area contributed by atoms with Gasteiger partial charge in [-0.1, -0.05) is 35.4 Å². The molecule has 6 atom stereocenters. The number of amides is 4. The van der Waals surface area contributed by atoms with Gasteiger partial charge in [-0.2, -0.15) is 0 Å². The van der Waals surface area contributed by atoms with Gasteiger partial charge >= 0.3 is 0 Å². The Bertz CT molecular complexity index is 1650. The highest BCUT2D eigenvalue weighted by molar-refractivity contribution is 6.31. The summed E-state index contributed by atoms with van der Waals surface area (Å²) in [7, 11) is 2.84. The van der Waals surface area contributed by atoms with E-state index in [4.69, 9.17) is 21.1 Å². The highest BCUT2D eigenvalue weighted by Gasteiger charge is 2.66. The number of rotatable bonds is 6. The lowest BCUT2D eigenvalue weighted by atomic mass is 9.52. The molecule has 6 rings (SSSR count). The Balaban J connectivity index is 1.49. The Morgan fingerprint density at radius 1 is 1.05 bits per heavy atom. The Kier molecular flexibility index (Phi) is 7.31. The lowest BCUT2D eigenvalue weighted by molar-refractivity contribution is -0.140. The normalized spacial score (nSPS) is 29.6. The SMILES string of the molecule is CCN1C(=O)C2CC=C3C(CC4C(=O)N(c5ccc(F)c(Cl)c5)C(=O)C4(C)C3C=Cc3cc(OC)c(O)c(OC)c3)C2C1=O. The smallest absolute Gasteiger partial charge is 0.241 e. The van der Waals surface area contributed by atoms with E-state index in [1.54, 1.807) is 32.1 Å². The maximum Gasteiger partial charge on any atom is 0.241 e. The first kappa shape index (κ1) is 29.9. The van der Waals surface area contributed by atoms with Gasteiger partial charge in [0, 0.05) is 12.5 Å². The number of nitrogens with zero attached hydrogens (tertiary/aromatic N) is 2. The summed E-state index contributed by atoms with van der Waals surface area (Å²) in [5.41, 5.74) is 0.344. The summed E-state index contributed by atoms with van der Waals surface area (Å²) in [6, 6.07) is 6.95. The number of halogens is 2. The molecule has 0 spiro atoms. The van der Waals surface area contributed by atoms with Gasteiger partial charge in [-0.3, -0.25) is 24.1 Å². The molecule has 2 aliphatic carbocycles. The van der Waals surface area contributed by atoms with Crippen molar-refractivity contribution in [3.8, 4) is 17.2 Å². The Morgan fingerprint density at radius 2 is 1.73 bits per heavy atom. The van der Waals surface area contributed by atoms with Crippen molar-refractivity contribution >= 4 is 47.0 Å². The van der Waals surface area contributed by atoms with Crippen LogP contribution in [-0.2, 0) is 19.2 Å². The number of hydrogen-bond donors (Lipinski definition) is 1. The molecule has 1 saturated carbocycles. The summed E-state index contributed by atoms with van der Waals surface area (Å²) in [5, 5.41) is 10.2. The summed E-state index contributed by atoms with van der Waals surface area (Å²) < 4.78 is 24.6. The van der Waals surface area contributed by atoms with E-state index in [1.807, 2.05) is 12.2 Å². The molecule has 6 unspecified atom stereocenters. The standard InChI is InChI=1S/C33H32ClFN2O7/c1-5-36-29(39)19-9-8-18-20(27(19)31(36)41)15-22-30(40)37(17-7-11-24(35)23(34)14-17)32(42)33(22,2)21(18)10-6-16-12-25(43-3)28(38)26(13-16)44-4/h6-8,10-14,19-22,27,38H,5,9,15H2,1-4H3. The molecule has 44 heavy (non-hydrogen) atoms. The zero-order valence-electron chi connectivity index (χ0n) is 24.7. The van der Waals surface area contributed by atoms with Gasteiger partial charge in [0.25, 0.3) is 0 Å². The molecule has 1 N–H and O–H groups in total. The van der Waals surface area contributed by atoms with E-state index in [2.05, 4.69) is 0 Å². The van der Waals surface area contributed by atoms with Crippen LogP contribution in [0.1, 0.15) is 32.3 Å². The number of carbonyl (C=O) groups is 4. The fourth-order valence-corrected chi connectivity index (χ4v) is 7.86. The second-order valence-electron chi connectivity index (χ2n) is 11.9. The van der Waals surface area contributed by atoms with Crippen LogP contribution in [0.25, 0.3) is 6.08 Å². The summed E-state index contributed by atoms with van der Waals surface area (Å²) in [5.74, 6) is -4.88. The van der Waals surface area contributed by atoms with E-state index < -0.39 is 52.6 Å². The van der Waals surface area contributed by atoms with E-state index in [-0.39, 0.29) is 52.7 Å². The molecule has 11 heteroatoms. The van der Waals surface area contributed by atoms with Crippen molar-refractivity contribution in [1.82, 2.24) is 4.90 Å². The van der Waals surface area contributed by atoms with Crippen LogP contribution in [-0.4, -0.2) is 54.4 Å². The number of ether oxygens (including phenoxy) is 2. The van der Waals surface area contributed by atoms with Gasteiger partial charge in [0.05, 0.1) is 48.1 Å². The summed E-state index contributed by atoms with van der Waals surface area (Å²) in [6.07, 6.45) is 6.12. The molecule has 4 aliphatic rings. The number of fused-ring (bicyclic) bond motifs is 4. The molecule has 2 heterocycles. The highest BCUT2D eigenvalue weighted by atomic mass is 35.5. The Hall–Kier alpha value is -4.18. The minimum atomic E-state index is -1.26. The molecule has 2 aromatic rings. The number of aromatic hydroxyl groups is 1. The molecule has 230 valence electrons. The fourth-order valence-electron chi connectivity index (χ4n) is 7.68. The molecule has 2 saturated heterocycles. The Labute approximate surface area is 258 Å². The van der Waals surface area contributed by atoms with Crippen LogP contribution in [0.2, 0.25) is 5.02 Å². The third-order valence-electron chi connectivity index (χ3n) is 9.90.